The van der Waals surface area contributed by atoms with Gasteiger partial charge in [-0.15, -0.1) is 0 Å². The lowest BCUT2D eigenvalue weighted by Crippen LogP contribution is -2.40. The summed E-state index contributed by atoms with van der Waals surface area (Å²) in [7, 11) is 0. The second-order valence-corrected chi connectivity index (χ2v) is 6.42. The van der Waals surface area contributed by atoms with Gasteiger partial charge in [0.25, 0.3) is 5.91 Å². The summed E-state index contributed by atoms with van der Waals surface area (Å²) in [5.74, 6) is 0.749. The van der Waals surface area contributed by atoms with Crippen LogP contribution in [0.25, 0.3) is 0 Å². The molecule has 0 saturated carbocycles. The fourth-order valence-corrected chi connectivity index (χ4v) is 2.91. The normalized spacial score (nSPS) is 18.7. The number of halogens is 1. The second kappa shape index (κ2) is 5.83. The van der Waals surface area contributed by atoms with Crippen LogP contribution < -0.4 is 0 Å². The van der Waals surface area contributed by atoms with Gasteiger partial charge in [-0.25, -0.2) is 4.98 Å². The molecule has 2 rings (SSSR count). The van der Waals surface area contributed by atoms with E-state index in [0.717, 1.165) is 31.6 Å². The first-order valence-electron chi connectivity index (χ1n) is 6.45. The Morgan fingerprint density at radius 1 is 1.44 bits per heavy atom. The molecule has 18 heavy (non-hydrogen) atoms. The van der Waals surface area contributed by atoms with E-state index < -0.39 is 0 Å². The maximum absolute atomic E-state index is 12.3. The molecule has 0 bridgehead atoms. The van der Waals surface area contributed by atoms with E-state index in [4.69, 9.17) is 0 Å². The molecule has 1 unspecified atom stereocenters. The lowest BCUT2D eigenvalue weighted by atomic mass is 9.94. The Morgan fingerprint density at radius 2 is 2.11 bits per heavy atom. The third-order valence-electron chi connectivity index (χ3n) is 3.58. The standard InChI is InChI=1S/C14H19BrN2O/c1-10-4-3-5-13(16-10)14(18)17-8-6-12(7-9-17)11(2)15/h3-5,11-12H,6-9H2,1-2H3. The highest BCUT2D eigenvalue weighted by Gasteiger charge is 2.26. The van der Waals surface area contributed by atoms with Crippen molar-refractivity contribution in [2.75, 3.05) is 13.1 Å². The maximum Gasteiger partial charge on any atom is 0.272 e. The van der Waals surface area contributed by atoms with Crippen molar-refractivity contribution >= 4 is 21.8 Å². The number of aryl methyl sites for hydroxylation is 1. The van der Waals surface area contributed by atoms with Crippen LogP contribution >= 0.6 is 15.9 Å². The van der Waals surface area contributed by atoms with Gasteiger partial charge in [-0.1, -0.05) is 28.9 Å². The van der Waals surface area contributed by atoms with Gasteiger partial charge < -0.3 is 4.90 Å². The molecule has 0 radical (unpaired) electrons. The number of amides is 1. The summed E-state index contributed by atoms with van der Waals surface area (Å²) in [5.41, 5.74) is 1.46. The molecule has 1 aromatic rings. The number of piperidine rings is 1. The number of pyridine rings is 1. The number of carbonyl (C=O) groups is 1. The number of carbonyl (C=O) groups excluding carboxylic acids is 1. The Morgan fingerprint density at radius 3 is 2.67 bits per heavy atom. The van der Waals surface area contributed by atoms with E-state index in [1.165, 1.54) is 0 Å². The predicted molar refractivity (Wildman–Crippen MR) is 76.0 cm³/mol. The average molecular weight is 311 g/mol. The molecule has 0 aliphatic carbocycles. The second-order valence-electron chi connectivity index (χ2n) is 4.97. The Balaban J connectivity index is 1.99. The Kier molecular flexibility index (Phi) is 4.38. The van der Waals surface area contributed by atoms with Gasteiger partial charge in [-0.05, 0) is 37.8 Å². The fraction of sp³-hybridized carbons (Fsp3) is 0.571. The van der Waals surface area contributed by atoms with Crippen LogP contribution in [0.5, 0.6) is 0 Å². The number of likely N-dealkylation sites (tertiary alicyclic amines) is 1. The summed E-state index contributed by atoms with van der Waals surface area (Å²) in [6.07, 6.45) is 2.15. The van der Waals surface area contributed by atoms with Crippen LogP contribution in [0, 0.1) is 12.8 Å². The minimum absolute atomic E-state index is 0.0689. The minimum Gasteiger partial charge on any atom is -0.337 e. The molecule has 1 amide bonds. The van der Waals surface area contributed by atoms with E-state index in [0.29, 0.717) is 16.4 Å². The fourth-order valence-electron chi connectivity index (χ4n) is 2.39. The molecule has 1 fully saturated rings. The van der Waals surface area contributed by atoms with E-state index in [-0.39, 0.29) is 5.91 Å². The number of hydrogen-bond donors (Lipinski definition) is 0. The SMILES string of the molecule is Cc1cccc(C(=O)N2CCC(C(C)Br)CC2)n1. The first-order chi connectivity index (χ1) is 8.58. The first kappa shape index (κ1) is 13.5. The molecule has 0 spiro atoms. The van der Waals surface area contributed by atoms with E-state index in [1.807, 2.05) is 24.0 Å². The smallest absolute Gasteiger partial charge is 0.272 e. The average Bonchev–Trinajstić information content (AvgIpc) is 2.38. The molecule has 0 aromatic carbocycles. The first-order valence-corrected chi connectivity index (χ1v) is 7.36. The van der Waals surface area contributed by atoms with Crippen molar-refractivity contribution in [2.45, 2.75) is 31.5 Å². The largest absolute Gasteiger partial charge is 0.337 e. The molecule has 1 saturated heterocycles. The summed E-state index contributed by atoms with van der Waals surface area (Å²) in [6.45, 7) is 5.78. The number of rotatable bonds is 2. The van der Waals surface area contributed by atoms with E-state index in [9.17, 15) is 4.79 Å². The number of alkyl halides is 1. The molecule has 1 aliphatic rings. The molecule has 3 nitrogen and oxygen atoms in total. The molecular formula is C14H19BrN2O. The third-order valence-corrected chi connectivity index (χ3v) is 4.33. The van der Waals surface area contributed by atoms with Crippen LogP contribution in [0.3, 0.4) is 0 Å². The van der Waals surface area contributed by atoms with Gasteiger partial charge in [0.2, 0.25) is 0 Å². The Labute approximate surface area is 117 Å². The molecule has 4 heteroatoms. The van der Waals surface area contributed by atoms with Crippen molar-refractivity contribution in [2.24, 2.45) is 5.92 Å². The zero-order valence-corrected chi connectivity index (χ0v) is 12.5. The monoisotopic (exact) mass is 310 g/mol. The van der Waals surface area contributed by atoms with E-state index in [1.54, 1.807) is 6.07 Å². The zero-order valence-electron chi connectivity index (χ0n) is 10.9. The van der Waals surface area contributed by atoms with Gasteiger partial charge in [-0.2, -0.15) is 0 Å². The minimum atomic E-state index is 0.0689. The van der Waals surface area contributed by atoms with Crippen molar-refractivity contribution in [3.05, 3.63) is 29.6 Å². The van der Waals surface area contributed by atoms with Gasteiger partial charge in [0.05, 0.1) is 0 Å². The van der Waals surface area contributed by atoms with Crippen molar-refractivity contribution in [1.82, 2.24) is 9.88 Å². The quantitative estimate of drug-likeness (QED) is 0.787. The summed E-state index contributed by atoms with van der Waals surface area (Å²) in [6, 6.07) is 5.60. The number of nitrogens with zero attached hydrogens (tertiary/aromatic N) is 2. The molecular weight excluding hydrogens is 292 g/mol. The molecule has 1 aromatic heterocycles. The highest BCUT2D eigenvalue weighted by Crippen LogP contribution is 2.25. The zero-order chi connectivity index (χ0) is 13.1. The lowest BCUT2D eigenvalue weighted by Gasteiger charge is -2.33. The summed E-state index contributed by atoms with van der Waals surface area (Å²) >= 11 is 3.63. The van der Waals surface area contributed by atoms with Crippen molar-refractivity contribution < 1.29 is 4.79 Å². The van der Waals surface area contributed by atoms with Gasteiger partial charge in [-0.3, -0.25) is 4.79 Å². The van der Waals surface area contributed by atoms with Crippen LogP contribution in [-0.2, 0) is 0 Å². The lowest BCUT2D eigenvalue weighted by molar-refractivity contribution is 0.0685. The van der Waals surface area contributed by atoms with Crippen LogP contribution in [0.2, 0.25) is 0 Å². The molecule has 0 N–H and O–H groups in total. The van der Waals surface area contributed by atoms with Crippen LogP contribution in [0.15, 0.2) is 18.2 Å². The summed E-state index contributed by atoms with van der Waals surface area (Å²) in [5, 5.41) is 0. The van der Waals surface area contributed by atoms with Gasteiger partial charge >= 0.3 is 0 Å². The van der Waals surface area contributed by atoms with Crippen molar-refractivity contribution in [3.63, 3.8) is 0 Å². The van der Waals surface area contributed by atoms with Crippen molar-refractivity contribution in [1.29, 1.82) is 0 Å². The predicted octanol–water partition coefficient (Wildman–Crippen LogP) is 3.03. The van der Waals surface area contributed by atoms with Gasteiger partial charge in [0.1, 0.15) is 5.69 Å². The van der Waals surface area contributed by atoms with Gasteiger partial charge in [0, 0.05) is 23.6 Å². The highest BCUT2D eigenvalue weighted by molar-refractivity contribution is 9.09. The number of hydrogen-bond acceptors (Lipinski definition) is 2. The van der Waals surface area contributed by atoms with Crippen LogP contribution in [0.4, 0.5) is 0 Å². The summed E-state index contributed by atoms with van der Waals surface area (Å²) in [4.78, 5) is 19.0. The van der Waals surface area contributed by atoms with Crippen LogP contribution in [0.1, 0.15) is 35.9 Å². The number of aromatic nitrogens is 1. The molecule has 1 aliphatic heterocycles. The van der Waals surface area contributed by atoms with Crippen LogP contribution in [-0.4, -0.2) is 33.7 Å². The maximum atomic E-state index is 12.3. The summed E-state index contributed by atoms with van der Waals surface area (Å²) < 4.78 is 0. The van der Waals surface area contributed by atoms with Gasteiger partial charge in [0.15, 0.2) is 0 Å². The van der Waals surface area contributed by atoms with E-state index >= 15 is 0 Å². The Bertz CT molecular complexity index is 426. The molecule has 98 valence electrons. The molecule has 2 heterocycles. The molecule has 1 atom stereocenters. The Hall–Kier alpha value is -0.900. The van der Waals surface area contributed by atoms with Crippen molar-refractivity contribution in [3.8, 4) is 0 Å². The van der Waals surface area contributed by atoms with E-state index in [2.05, 4.69) is 27.8 Å². The third kappa shape index (κ3) is 3.10. The highest BCUT2D eigenvalue weighted by atomic mass is 79.9. The topological polar surface area (TPSA) is 33.2 Å².